The average Bonchev–Trinajstić information content (AvgIpc) is 3.29. The smallest absolute Gasteiger partial charge is 0.267 e. The van der Waals surface area contributed by atoms with Gasteiger partial charge in [0.2, 0.25) is 0 Å². The SMILES string of the molecule is Cc1ccc(C(=O)N/C(=C\c2cccs2)C(=O)NCCOc2ccc(C(C)(C)C)cc2)cc1. The van der Waals surface area contributed by atoms with Crippen molar-refractivity contribution in [3.05, 3.63) is 93.3 Å². The van der Waals surface area contributed by atoms with Crippen LogP contribution in [-0.4, -0.2) is 25.0 Å². The molecule has 3 aromatic rings. The zero-order chi connectivity index (χ0) is 23.8. The summed E-state index contributed by atoms with van der Waals surface area (Å²) in [6.45, 7) is 9.07. The average molecular weight is 463 g/mol. The highest BCUT2D eigenvalue weighted by atomic mass is 32.1. The van der Waals surface area contributed by atoms with E-state index in [0.717, 1.165) is 16.2 Å². The molecular weight excluding hydrogens is 432 g/mol. The number of hydrogen-bond donors (Lipinski definition) is 2. The first kappa shape index (κ1) is 24.3. The highest BCUT2D eigenvalue weighted by Crippen LogP contribution is 2.24. The van der Waals surface area contributed by atoms with Gasteiger partial charge in [0.15, 0.2) is 0 Å². The largest absolute Gasteiger partial charge is 0.492 e. The Hall–Kier alpha value is -3.38. The summed E-state index contributed by atoms with van der Waals surface area (Å²) in [6.07, 6.45) is 1.68. The standard InChI is InChI=1S/C27H30N2O3S/c1-19-7-9-20(10-8-19)25(30)29-24(18-23-6-5-17-33-23)26(31)28-15-16-32-22-13-11-21(12-14-22)27(2,3)4/h5-14,17-18H,15-16H2,1-4H3,(H,28,31)(H,29,30)/b24-18-. The first-order chi connectivity index (χ1) is 15.7. The van der Waals surface area contributed by atoms with Gasteiger partial charge in [0.1, 0.15) is 18.1 Å². The second kappa shape index (κ2) is 11.0. The molecule has 3 rings (SSSR count). The van der Waals surface area contributed by atoms with Crippen LogP contribution >= 0.6 is 11.3 Å². The molecule has 0 aliphatic heterocycles. The molecule has 172 valence electrons. The molecule has 0 spiro atoms. The Labute approximate surface area is 199 Å². The molecule has 5 nitrogen and oxygen atoms in total. The van der Waals surface area contributed by atoms with Crippen LogP contribution in [-0.2, 0) is 10.2 Å². The van der Waals surface area contributed by atoms with Crippen LogP contribution in [0.15, 0.2) is 71.7 Å². The van der Waals surface area contributed by atoms with E-state index < -0.39 is 0 Å². The molecule has 0 aliphatic rings. The van der Waals surface area contributed by atoms with E-state index >= 15 is 0 Å². The molecule has 33 heavy (non-hydrogen) atoms. The highest BCUT2D eigenvalue weighted by molar-refractivity contribution is 7.10. The number of nitrogens with one attached hydrogen (secondary N) is 2. The minimum atomic E-state index is -0.365. The third-order valence-corrected chi connectivity index (χ3v) is 5.83. The van der Waals surface area contributed by atoms with E-state index in [1.165, 1.54) is 16.9 Å². The van der Waals surface area contributed by atoms with Crippen molar-refractivity contribution in [1.82, 2.24) is 10.6 Å². The van der Waals surface area contributed by atoms with Crippen LogP contribution < -0.4 is 15.4 Å². The summed E-state index contributed by atoms with van der Waals surface area (Å²) in [7, 11) is 0. The maximum Gasteiger partial charge on any atom is 0.267 e. The van der Waals surface area contributed by atoms with E-state index in [1.807, 2.05) is 48.7 Å². The number of aryl methyl sites for hydroxylation is 1. The lowest BCUT2D eigenvalue weighted by Gasteiger charge is -2.19. The summed E-state index contributed by atoms with van der Waals surface area (Å²) < 4.78 is 5.75. The van der Waals surface area contributed by atoms with E-state index in [0.29, 0.717) is 18.7 Å². The topological polar surface area (TPSA) is 67.4 Å². The third-order valence-electron chi connectivity index (χ3n) is 5.01. The molecule has 2 N–H and O–H groups in total. The van der Waals surface area contributed by atoms with Gasteiger partial charge in [-0.3, -0.25) is 9.59 Å². The zero-order valence-electron chi connectivity index (χ0n) is 19.5. The number of amides is 2. The van der Waals surface area contributed by atoms with Crippen molar-refractivity contribution in [2.24, 2.45) is 0 Å². The Morgan fingerprint density at radius 3 is 2.30 bits per heavy atom. The number of thiophene rings is 1. The van der Waals surface area contributed by atoms with Crippen molar-refractivity contribution >= 4 is 29.2 Å². The molecule has 0 fully saturated rings. The van der Waals surface area contributed by atoms with Crippen molar-refractivity contribution in [2.75, 3.05) is 13.2 Å². The lowest BCUT2D eigenvalue weighted by Crippen LogP contribution is -2.36. The third kappa shape index (κ3) is 7.32. The van der Waals surface area contributed by atoms with Crippen molar-refractivity contribution < 1.29 is 14.3 Å². The molecule has 1 heterocycles. The molecule has 0 saturated carbocycles. The maximum absolute atomic E-state index is 12.8. The molecule has 0 atom stereocenters. The molecule has 0 radical (unpaired) electrons. The van der Waals surface area contributed by atoms with Gasteiger partial charge in [-0.1, -0.05) is 56.7 Å². The summed E-state index contributed by atoms with van der Waals surface area (Å²) >= 11 is 1.49. The first-order valence-corrected chi connectivity index (χ1v) is 11.7. The molecule has 2 aromatic carbocycles. The van der Waals surface area contributed by atoms with Gasteiger partial charge in [-0.25, -0.2) is 0 Å². The molecule has 1 aromatic heterocycles. The molecule has 0 aliphatic carbocycles. The number of carbonyl (C=O) groups excluding carboxylic acids is 2. The predicted molar refractivity (Wildman–Crippen MR) is 135 cm³/mol. The van der Waals surface area contributed by atoms with Crippen molar-refractivity contribution in [1.29, 1.82) is 0 Å². The van der Waals surface area contributed by atoms with Crippen molar-refractivity contribution in [2.45, 2.75) is 33.1 Å². The van der Waals surface area contributed by atoms with Crippen LogP contribution in [0.4, 0.5) is 0 Å². The normalized spacial score (nSPS) is 11.7. The summed E-state index contributed by atoms with van der Waals surface area (Å²) in [4.78, 5) is 26.3. The van der Waals surface area contributed by atoms with Crippen LogP contribution in [0.2, 0.25) is 0 Å². The molecule has 0 unspecified atom stereocenters. The summed E-state index contributed by atoms with van der Waals surface area (Å²) in [5.74, 6) is 0.0537. The maximum atomic E-state index is 12.8. The Morgan fingerprint density at radius 1 is 1.00 bits per heavy atom. The van der Waals surface area contributed by atoms with E-state index in [-0.39, 0.29) is 22.9 Å². The van der Waals surface area contributed by atoms with Gasteiger partial charge in [0.25, 0.3) is 11.8 Å². The van der Waals surface area contributed by atoms with Gasteiger partial charge in [-0.2, -0.15) is 0 Å². The zero-order valence-corrected chi connectivity index (χ0v) is 20.3. The Kier molecular flexibility index (Phi) is 8.06. The molecule has 6 heteroatoms. The Balaban J connectivity index is 1.58. The molecule has 2 amide bonds. The fourth-order valence-electron chi connectivity index (χ4n) is 3.05. The van der Waals surface area contributed by atoms with Gasteiger partial charge in [0.05, 0.1) is 6.54 Å². The van der Waals surface area contributed by atoms with E-state index in [4.69, 9.17) is 4.74 Å². The minimum Gasteiger partial charge on any atom is -0.492 e. The molecule has 0 bridgehead atoms. The van der Waals surface area contributed by atoms with Gasteiger partial charge < -0.3 is 15.4 Å². The fourth-order valence-corrected chi connectivity index (χ4v) is 3.71. The lowest BCUT2D eigenvalue weighted by molar-refractivity contribution is -0.117. The first-order valence-electron chi connectivity index (χ1n) is 10.9. The second-order valence-corrected chi connectivity index (χ2v) is 9.75. The minimum absolute atomic E-state index is 0.0841. The fraction of sp³-hybridized carbons (Fsp3) is 0.259. The molecule has 0 saturated heterocycles. The highest BCUT2D eigenvalue weighted by Gasteiger charge is 2.15. The van der Waals surface area contributed by atoms with Gasteiger partial charge in [0, 0.05) is 10.4 Å². The second-order valence-electron chi connectivity index (χ2n) is 8.77. The van der Waals surface area contributed by atoms with E-state index in [9.17, 15) is 9.59 Å². The number of rotatable bonds is 8. The van der Waals surface area contributed by atoms with Crippen LogP contribution in [0.3, 0.4) is 0 Å². The van der Waals surface area contributed by atoms with Crippen molar-refractivity contribution in [3.63, 3.8) is 0 Å². The van der Waals surface area contributed by atoms with Crippen LogP contribution in [0.5, 0.6) is 5.75 Å². The number of hydrogen-bond acceptors (Lipinski definition) is 4. The monoisotopic (exact) mass is 462 g/mol. The van der Waals surface area contributed by atoms with Gasteiger partial charge in [-0.15, -0.1) is 11.3 Å². The summed E-state index contributed by atoms with van der Waals surface area (Å²) in [6, 6.07) is 19.0. The van der Waals surface area contributed by atoms with Crippen molar-refractivity contribution in [3.8, 4) is 5.75 Å². The van der Waals surface area contributed by atoms with E-state index in [1.54, 1.807) is 18.2 Å². The van der Waals surface area contributed by atoms with Crippen LogP contribution in [0.25, 0.3) is 6.08 Å². The Bertz CT molecular complexity index is 1090. The Morgan fingerprint density at radius 2 is 1.70 bits per heavy atom. The quantitative estimate of drug-likeness (QED) is 0.352. The number of ether oxygens (including phenoxy) is 1. The van der Waals surface area contributed by atoms with Crippen LogP contribution in [0, 0.1) is 6.92 Å². The van der Waals surface area contributed by atoms with Crippen LogP contribution in [0.1, 0.15) is 47.1 Å². The summed E-state index contributed by atoms with van der Waals surface area (Å²) in [5.41, 5.74) is 3.06. The summed E-state index contributed by atoms with van der Waals surface area (Å²) in [5, 5.41) is 7.49. The number of carbonyl (C=O) groups is 2. The predicted octanol–water partition coefficient (Wildman–Crippen LogP) is 5.32. The molecular formula is C27H30N2O3S. The van der Waals surface area contributed by atoms with E-state index in [2.05, 4.69) is 43.5 Å². The lowest BCUT2D eigenvalue weighted by atomic mass is 9.87. The number of benzene rings is 2. The van der Waals surface area contributed by atoms with Gasteiger partial charge >= 0.3 is 0 Å². The van der Waals surface area contributed by atoms with Gasteiger partial charge in [-0.05, 0) is 59.7 Å².